The quantitative estimate of drug-likeness (QED) is 0.615. The number of ether oxygens (including phenoxy) is 1. The van der Waals surface area contributed by atoms with Crippen LogP contribution in [-0.2, 0) is 4.74 Å². The van der Waals surface area contributed by atoms with Gasteiger partial charge in [-0.3, -0.25) is 0 Å². The molecule has 0 aromatic heterocycles. The van der Waals surface area contributed by atoms with Crippen molar-refractivity contribution in [3.63, 3.8) is 0 Å². The fraction of sp³-hybridized carbons (Fsp3) is 1.00. The minimum absolute atomic E-state index is 0.589. The van der Waals surface area contributed by atoms with Gasteiger partial charge in [0.1, 0.15) is 0 Å². The molecule has 1 N–H and O–H groups in total. The van der Waals surface area contributed by atoms with Crippen LogP contribution in [0, 0.1) is 0 Å². The van der Waals surface area contributed by atoms with Gasteiger partial charge in [-0.25, -0.2) is 0 Å². The van der Waals surface area contributed by atoms with Crippen LogP contribution in [0.3, 0.4) is 0 Å². The third-order valence-electron chi connectivity index (χ3n) is 2.58. The van der Waals surface area contributed by atoms with E-state index in [0.29, 0.717) is 6.10 Å². The number of unbranched alkanes of at least 4 members (excludes halogenated alkanes) is 1. The maximum atomic E-state index is 5.56. The van der Waals surface area contributed by atoms with Crippen molar-refractivity contribution in [2.24, 2.45) is 0 Å². The van der Waals surface area contributed by atoms with Gasteiger partial charge in [0.25, 0.3) is 0 Å². The van der Waals surface area contributed by atoms with Gasteiger partial charge in [-0.1, -0.05) is 6.92 Å². The summed E-state index contributed by atoms with van der Waals surface area (Å²) in [5.74, 6) is 0. The molecule has 2 heteroatoms. The number of hydrogen-bond acceptors (Lipinski definition) is 2. The monoisotopic (exact) mass is 185 g/mol. The molecule has 1 atom stereocenters. The average molecular weight is 185 g/mol. The summed E-state index contributed by atoms with van der Waals surface area (Å²) >= 11 is 0. The summed E-state index contributed by atoms with van der Waals surface area (Å²) in [7, 11) is 0. The average Bonchev–Trinajstić information content (AvgIpc) is 2.63. The topological polar surface area (TPSA) is 21.3 Å². The zero-order valence-electron chi connectivity index (χ0n) is 8.85. The Balaban J connectivity index is 1.78. The van der Waals surface area contributed by atoms with Gasteiger partial charge in [0.15, 0.2) is 0 Å². The molecule has 13 heavy (non-hydrogen) atoms. The zero-order chi connectivity index (χ0) is 9.36. The van der Waals surface area contributed by atoms with Crippen LogP contribution in [0.25, 0.3) is 0 Å². The number of nitrogens with one attached hydrogen (secondary N) is 1. The lowest BCUT2D eigenvalue weighted by Crippen LogP contribution is -2.16. The molecular formula is C11H23NO. The van der Waals surface area contributed by atoms with Crippen LogP contribution in [0.5, 0.6) is 0 Å². The lowest BCUT2D eigenvalue weighted by Gasteiger charge is -2.08. The predicted octanol–water partition coefficient (Wildman–Crippen LogP) is 2.34. The molecule has 1 unspecified atom stereocenters. The Bertz CT molecular complexity index is 111. The Labute approximate surface area is 82.0 Å². The van der Waals surface area contributed by atoms with Crippen molar-refractivity contribution in [1.29, 1.82) is 0 Å². The molecule has 1 fully saturated rings. The highest BCUT2D eigenvalue weighted by Crippen LogP contribution is 2.17. The van der Waals surface area contributed by atoms with Crippen molar-refractivity contribution >= 4 is 0 Å². The molecule has 0 aromatic rings. The maximum absolute atomic E-state index is 5.56. The van der Waals surface area contributed by atoms with Crippen LogP contribution in [0.4, 0.5) is 0 Å². The molecule has 0 radical (unpaired) electrons. The van der Waals surface area contributed by atoms with E-state index in [4.69, 9.17) is 4.74 Å². The first kappa shape index (κ1) is 11.0. The summed E-state index contributed by atoms with van der Waals surface area (Å²) in [6.45, 7) is 5.55. The fourth-order valence-electron chi connectivity index (χ4n) is 1.80. The van der Waals surface area contributed by atoms with Crippen molar-refractivity contribution in [2.75, 3.05) is 19.7 Å². The predicted molar refractivity (Wildman–Crippen MR) is 56.0 cm³/mol. The first-order valence-electron chi connectivity index (χ1n) is 5.76. The second-order valence-electron chi connectivity index (χ2n) is 3.88. The Morgan fingerprint density at radius 3 is 2.92 bits per heavy atom. The highest BCUT2D eigenvalue weighted by Gasteiger charge is 2.13. The van der Waals surface area contributed by atoms with Gasteiger partial charge < -0.3 is 10.1 Å². The summed E-state index contributed by atoms with van der Waals surface area (Å²) in [5, 5.41) is 3.42. The van der Waals surface area contributed by atoms with Gasteiger partial charge in [0.2, 0.25) is 0 Å². The lowest BCUT2D eigenvalue weighted by molar-refractivity contribution is 0.102. The van der Waals surface area contributed by atoms with Crippen LogP contribution in [0.15, 0.2) is 0 Å². The van der Waals surface area contributed by atoms with E-state index in [1.54, 1.807) is 0 Å². The molecule has 1 heterocycles. The van der Waals surface area contributed by atoms with E-state index >= 15 is 0 Å². The summed E-state index contributed by atoms with van der Waals surface area (Å²) in [5.41, 5.74) is 0. The smallest absolute Gasteiger partial charge is 0.0576 e. The van der Waals surface area contributed by atoms with Gasteiger partial charge in [-0.2, -0.15) is 0 Å². The van der Waals surface area contributed by atoms with E-state index in [0.717, 1.165) is 6.61 Å². The fourth-order valence-corrected chi connectivity index (χ4v) is 1.80. The van der Waals surface area contributed by atoms with Crippen molar-refractivity contribution in [1.82, 2.24) is 5.32 Å². The molecule has 1 rings (SSSR count). The molecule has 0 aromatic carbocycles. The van der Waals surface area contributed by atoms with Gasteiger partial charge in [-0.15, -0.1) is 0 Å². The summed E-state index contributed by atoms with van der Waals surface area (Å²) in [6.07, 6.45) is 8.30. The zero-order valence-corrected chi connectivity index (χ0v) is 8.85. The highest BCUT2D eigenvalue weighted by molar-refractivity contribution is 4.64. The lowest BCUT2D eigenvalue weighted by atomic mass is 10.1. The molecule has 78 valence electrons. The van der Waals surface area contributed by atoms with Crippen LogP contribution in [0.2, 0.25) is 0 Å². The van der Waals surface area contributed by atoms with Crippen LogP contribution in [-0.4, -0.2) is 25.8 Å². The van der Waals surface area contributed by atoms with Gasteiger partial charge in [0, 0.05) is 6.61 Å². The Kier molecular flexibility index (Phi) is 6.21. The van der Waals surface area contributed by atoms with Gasteiger partial charge >= 0.3 is 0 Å². The molecular weight excluding hydrogens is 162 g/mol. The highest BCUT2D eigenvalue weighted by atomic mass is 16.5. The second-order valence-corrected chi connectivity index (χ2v) is 3.88. The van der Waals surface area contributed by atoms with Crippen molar-refractivity contribution < 1.29 is 4.74 Å². The Morgan fingerprint density at radius 2 is 2.23 bits per heavy atom. The van der Waals surface area contributed by atoms with Crippen molar-refractivity contribution in [3.05, 3.63) is 0 Å². The van der Waals surface area contributed by atoms with E-state index < -0.39 is 0 Å². The summed E-state index contributed by atoms with van der Waals surface area (Å²) in [6, 6.07) is 0. The summed E-state index contributed by atoms with van der Waals surface area (Å²) in [4.78, 5) is 0. The second kappa shape index (κ2) is 7.34. The largest absolute Gasteiger partial charge is 0.378 e. The molecule has 2 nitrogen and oxygen atoms in total. The third kappa shape index (κ3) is 5.27. The van der Waals surface area contributed by atoms with Crippen molar-refractivity contribution in [2.45, 2.75) is 51.6 Å². The molecule has 1 saturated heterocycles. The standard InChI is InChI=1S/C11H23NO/c1-2-8-12-9-4-3-6-11-7-5-10-13-11/h11-12H,2-10H2,1H3. The summed E-state index contributed by atoms with van der Waals surface area (Å²) < 4.78 is 5.56. The minimum atomic E-state index is 0.589. The Morgan fingerprint density at radius 1 is 1.31 bits per heavy atom. The molecule has 1 aliphatic rings. The van der Waals surface area contributed by atoms with Gasteiger partial charge in [0.05, 0.1) is 6.10 Å². The van der Waals surface area contributed by atoms with Crippen LogP contribution in [0.1, 0.15) is 45.4 Å². The van der Waals surface area contributed by atoms with E-state index in [2.05, 4.69) is 12.2 Å². The molecule has 0 bridgehead atoms. The van der Waals surface area contributed by atoms with Crippen LogP contribution < -0.4 is 5.32 Å². The minimum Gasteiger partial charge on any atom is -0.378 e. The van der Waals surface area contributed by atoms with E-state index in [1.807, 2.05) is 0 Å². The molecule has 0 amide bonds. The van der Waals surface area contributed by atoms with E-state index in [-0.39, 0.29) is 0 Å². The number of hydrogen-bond donors (Lipinski definition) is 1. The van der Waals surface area contributed by atoms with Crippen molar-refractivity contribution in [3.8, 4) is 0 Å². The third-order valence-corrected chi connectivity index (χ3v) is 2.58. The molecule has 0 spiro atoms. The Hall–Kier alpha value is -0.0800. The molecule has 1 aliphatic heterocycles. The van der Waals surface area contributed by atoms with Crippen LogP contribution >= 0.6 is 0 Å². The SMILES string of the molecule is CCCNCCCCC1CCCO1. The first-order valence-corrected chi connectivity index (χ1v) is 5.76. The molecule has 0 aliphatic carbocycles. The number of rotatable bonds is 7. The van der Waals surface area contributed by atoms with E-state index in [9.17, 15) is 0 Å². The first-order chi connectivity index (χ1) is 6.43. The molecule has 0 saturated carbocycles. The maximum Gasteiger partial charge on any atom is 0.0576 e. The normalized spacial score (nSPS) is 22.4. The van der Waals surface area contributed by atoms with E-state index in [1.165, 1.54) is 51.6 Å². The van der Waals surface area contributed by atoms with Gasteiger partial charge in [-0.05, 0) is 51.6 Å².